The van der Waals surface area contributed by atoms with E-state index in [1.54, 1.807) is 0 Å². The molecule has 3 nitrogen and oxygen atoms in total. The quantitative estimate of drug-likeness (QED) is 0.880. The minimum absolute atomic E-state index is 0.976. The summed E-state index contributed by atoms with van der Waals surface area (Å²) in [5.74, 6) is 3.04. The summed E-state index contributed by atoms with van der Waals surface area (Å²) in [5.41, 5.74) is 1.36. The Balaban J connectivity index is 1.63. The first-order valence-corrected chi connectivity index (χ1v) is 7.77. The van der Waals surface area contributed by atoms with Crippen molar-refractivity contribution in [2.24, 2.45) is 11.8 Å². The van der Waals surface area contributed by atoms with Crippen molar-refractivity contribution >= 4 is 5.82 Å². The Kier molecular flexibility index (Phi) is 4.02. The molecule has 1 aromatic rings. The molecule has 0 bridgehead atoms. The zero-order valence-corrected chi connectivity index (χ0v) is 11.9. The molecule has 2 atom stereocenters. The lowest BCUT2D eigenvalue weighted by molar-refractivity contribution is 0.303. The smallest absolute Gasteiger partial charge is 0.130 e. The van der Waals surface area contributed by atoms with Crippen LogP contribution in [0.2, 0.25) is 0 Å². The highest BCUT2D eigenvalue weighted by Gasteiger charge is 2.35. The Morgan fingerprint density at radius 2 is 2.11 bits per heavy atom. The van der Waals surface area contributed by atoms with Gasteiger partial charge >= 0.3 is 0 Å². The van der Waals surface area contributed by atoms with Gasteiger partial charge in [0, 0.05) is 37.9 Å². The van der Waals surface area contributed by atoms with Gasteiger partial charge in [0.05, 0.1) is 0 Å². The number of anilines is 1. The molecule has 3 rings (SSSR count). The van der Waals surface area contributed by atoms with E-state index in [2.05, 4.69) is 34.3 Å². The maximum Gasteiger partial charge on any atom is 0.130 e. The lowest BCUT2D eigenvalue weighted by Crippen LogP contribution is -2.22. The maximum absolute atomic E-state index is 4.49. The second-order valence-corrected chi connectivity index (χ2v) is 6.08. The maximum atomic E-state index is 4.49. The molecule has 0 aromatic carbocycles. The molecule has 104 valence electrons. The molecule has 3 heteroatoms. The van der Waals surface area contributed by atoms with Crippen molar-refractivity contribution in [2.45, 2.75) is 39.2 Å². The zero-order chi connectivity index (χ0) is 13.1. The van der Waals surface area contributed by atoms with Crippen molar-refractivity contribution in [3.8, 4) is 0 Å². The zero-order valence-electron chi connectivity index (χ0n) is 11.9. The number of rotatable bonds is 5. The molecular formula is C16H25N3. The van der Waals surface area contributed by atoms with E-state index in [9.17, 15) is 0 Å². The van der Waals surface area contributed by atoms with Gasteiger partial charge in [-0.1, -0.05) is 19.4 Å². The van der Waals surface area contributed by atoms with E-state index in [0.29, 0.717) is 0 Å². The molecule has 1 N–H and O–H groups in total. The van der Waals surface area contributed by atoms with Crippen LogP contribution in [0, 0.1) is 11.8 Å². The Bertz CT molecular complexity index is 406. The predicted molar refractivity (Wildman–Crippen MR) is 79.1 cm³/mol. The molecule has 0 amide bonds. The second-order valence-electron chi connectivity index (χ2n) is 6.08. The summed E-state index contributed by atoms with van der Waals surface area (Å²) in [5, 5.41) is 3.45. The third kappa shape index (κ3) is 2.92. The summed E-state index contributed by atoms with van der Waals surface area (Å²) >= 11 is 0. The van der Waals surface area contributed by atoms with Crippen LogP contribution in [0.5, 0.6) is 0 Å². The molecule has 0 radical (unpaired) electrons. The van der Waals surface area contributed by atoms with E-state index in [0.717, 1.165) is 37.2 Å². The van der Waals surface area contributed by atoms with Crippen molar-refractivity contribution in [2.75, 3.05) is 25.0 Å². The van der Waals surface area contributed by atoms with Crippen LogP contribution in [0.25, 0.3) is 0 Å². The SMILES string of the molecule is CCCNc1ncccc1CN1CC2CCCC2C1. The van der Waals surface area contributed by atoms with E-state index < -0.39 is 0 Å². The molecule has 2 aliphatic rings. The number of fused-ring (bicyclic) bond motifs is 1. The van der Waals surface area contributed by atoms with Crippen molar-refractivity contribution < 1.29 is 0 Å². The predicted octanol–water partition coefficient (Wildman–Crippen LogP) is 3.14. The van der Waals surface area contributed by atoms with Crippen molar-refractivity contribution in [3.05, 3.63) is 23.9 Å². The highest BCUT2D eigenvalue weighted by Crippen LogP contribution is 2.38. The fourth-order valence-electron chi connectivity index (χ4n) is 3.67. The molecule has 1 saturated carbocycles. The Hall–Kier alpha value is -1.09. The number of aromatic nitrogens is 1. The number of likely N-dealkylation sites (tertiary alicyclic amines) is 1. The first kappa shape index (κ1) is 12.9. The van der Waals surface area contributed by atoms with E-state index in [1.807, 2.05) is 6.20 Å². The molecule has 2 heterocycles. The standard InChI is InChI=1S/C16H25N3/c1-2-8-17-16-15(7-4-9-18-16)12-19-10-13-5-3-6-14(13)11-19/h4,7,9,13-14H,2-3,5-6,8,10-12H2,1H3,(H,17,18). The van der Waals surface area contributed by atoms with Crippen molar-refractivity contribution in [1.29, 1.82) is 0 Å². The third-order valence-corrected chi connectivity index (χ3v) is 4.63. The topological polar surface area (TPSA) is 28.2 Å². The summed E-state index contributed by atoms with van der Waals surface area (Å²) in [4.78, 5) is 7.12. The van der Waals surface area contributed by atoms with Gasteiger partial charge in [0.15, 0.2) is 0 Å². The Morgan fingerprint density at radius 1 is 1.32 bits per heavy atom. The van der Waals surface area contributed by atoms with Crippen LogP contribution < -0.4 is 5.32 Å². The van der Waals surface area contributed by atoms with Crippen molar-refractivity contribution in [3.63, 3.8) is 0 Å². The molecule has 1 aliphatic heterocycles. The highest BCUT2D eigenvalue weighted by molar-refractivity contribution is 5.43. The van der Waals surface area contributed by atoms with E-state index in [-0.39, 0.29) is 0 Å². The largest absolute Gasteiger partial charge is 0.370 e. The first-order chi connectivity index (χ1) is 9.36. The monoisotopic (exact) mass is 259 g/mol. The molecule has 2 fully saturated rings. The summed E-state index contributed by atoms with van der Waals surface area (Å²) in [6.07, 6.45) is 7.40. The van der Waals surface area contributed by atoms with Crippen LogP contribution in [0.4, 0.5) is 5.82 Å². The van der Waals surface area contributed by atoms with E-state index >= 15 is 0 Å². The van der Waals surface area contributed by atoms with Gasteiger partial charge in [0.2, 0.25) is 0 Å². The molecule has 19 heavy (non-hydrogen) atoms. The van der Waals surface area contributed by atoms with Gasteiger partial charge in [-0.15, -0.1) is 0 Å². The van der Waals surface area contributed by atoms with Gasteiger partial charge in [-0.05, 0) is 37.2 Å². The minimum Gasteiger partial charge on any atom is -0.370 e. The Morgan fingerprint density at radius 3 is 2.84 bits per heavy atom. The lowest BCUT2D eigenvalue weighted by atomic mass is 10.0. The second kappa shape index (κ2) is 5.91. The number of nitrogens with one attached hydrogen (secondary N) is 1. The number of pyridine rings is 1. The van der Waals surface area contributed by atoms with Crippen LogP contribution in [-0.2, 0) is 6.54 Å². The van der Waals surface area contributed by atoms with Gasteiger partial charge in [-0.3, -0.25) is 4.90 Å². The van der Waals surface area contributed by atoms with Crippen LogP contribution in [0.1, 0.15) is 38.2 Å². The van der Waals surface area contributed by atoms with Crippen LogP contribution in [-0.4, -0.2) is 29.5 Å². The summed E-state index contributed by atoms with van der Waals surface area (Å²) < 4.78 is 0. The number of hydrogen-bond acceptors (Lipinski definition) is 3. The van der Waals surface area contributed by atoms with E-state index in [1.165, 1.54) is 37.9 Å². The van der Waals surface area contributed by atoms with Gasteiger partial charge < -0.3 is 5.32 Å². The molecule has 1 aliphatic carbocycles. The van der Waals surface area contributed by atoms with Crippen molar-refractivity contribution in [1.82, 2.24) is 9.88 Å². The molecule has 1 saturated heterocycles. The highest BCUT2D eigenvalue weighted by atomic mass is 15.2. The van der Waals surface area contributed by atoms with E-state index in [4.69, 9.17) is 0 Å². The Labute approximate surface area is 116 Å². The number of nitrogens with zero attached hydrogens (tertiary/aromatic N) is 2. The first-order valence-electron chi connectivity index (χ1n) is 7.77. The molecular weight excluding hydrogens is 234 g/mol. The normalized spacial score (nSPS) is 26.6. The molecule has 1 aromatic heterocycles. The summed E-state index contributed by atoms with van der Waals surface area (Å²) in [7, 11) is 0. The summed E-state index contributed by atoms with van der Waals surface area (Å²) in [6, 6.07) is 4.28. The van der Waals surface area contributed by atoms with Gasteiger partial charge in [0.25, 0.3) is 0 Å². The molecule has 2 unspecified atom stereocenters. The van der Waals surface area contributed by atoms with Gasteiger partial charge in [-0.25, -0.2) is 4.98 Å². The summed E-state index contributed by atoms with van der Waals surface area (Å²) in [6.45, 7) is 6.86. The fourth-order valence-corrected chi connectivity index (χ4v) is 3.67. The third-order valence-electron chi connectivity index (χ3n) is 4.63. The average molecular weight is 259 g/mol. The minimum atomic E-state index is 0.976. The molecule has 0 spiro atoms. The number of hydrogen-bond donors (Lipinski definition) is 1. The van der Waals surface area contributed by atoms with Gasteiger partial charge in [-0.2, -0.15) is 0 Å². The lowest BCUT2D eigenvalue weighted by Gasteiger charge is -2.18. The average Bonchev–Trinajstić information content (AvgIpc) is 2.98. The van der Waals surface area contributed by atoms with Gasteiger partial charge in [0.1, 0.15) is 5.82 Å². The van der Waals surface area contributed by atoms with Crippen LogP contribution in [0.15, 0.2) is 18.3 Å². The van der Waals surface area contributed by atoms with Crippen LogP contribution in [0.3, 0.4) is 0 Å². The fraction of sp³-hybridized carbons (Fsp3) is 0.688. The van der Waals surface area contributed by atoms with Crippen LogP contribution >= 0.6 is 0 Å².